The van der Waals surface area contributed by atoms with Crippen LogP contribution in [0.4, 0.5) is 5.69 Å². The van der Waals surface area contributed by atoms with Crippen molar-refractivity contribution in [3.8, 4) is 5.75 Å². The highest BCUT2D eigenvalue weighted by molar-refractivity contribution is 6.34. The summed E-state index contributed by atoms with van der Waals surface area (Å²) >= 11 is 11.9. The minimum absolute atomic E-state index is 0.00119. The van der Waals surface area contributed by atoms with E-state index in [1.165, 1.54) is 0 Å². The fourth-order valence-electron chi connectivity index (χ4n) is 2.20. The van der Waals surface area contributed by atoms with Crippen LogP contribution in [0, 0.1) is 0 Å². The van der Waals surface area contributed by atoms with Crippen molar-refractivity contribution in [2.45, 2.75) is 6.10 Å². The molecule has 1 atom stereocenters. The molecule has 2 N–H and O–H groups in total. The fraction of sp³-hybridized carbons (Fsp3) is 0.133. The van der Waals surface area contributed by atoms with Gasteiger partial charge in [0.2, 0.25) is 0 Å². The van der Waals surface area contributed by atoms with Crippen LogP contribution >= 0.6 is 23.2 Å². The Labute approximate surface area is 131 Å². The molecule has 1 heterocycles. The smallest absolute Gasteiger partial charge is 0.262 e. The van der Waals surface area contributed by atoms with E-state index in [1.54, 1.807) is 36.4 Å². The lowest BCUT2D eigenvalue weighted by molar-refractivity contribution is -0.118. The zero-order valence-electron chi connectivity index (χ0n) is 10.8. The average molecular weight is 324 g/mol. The zero-order valence-corrected chi connectivity index (χ0v) is 12.3. The van der Waals surface area contributed by atoms with E-state index in [0.717, 1.165) is 0 Å². The van der Waals surface area contributed by atoms with E-state index in [1.807, 2.05) is 0 Å². The Kier molecular flexibility index (Phi) is 3.76. The molecule has 0 spiro atoms. The van der Waals surface area contributed by atoms with Crippen LogP contribution < -0.4 is 10.1 Å². The summed E-state index contributed by atoms with van der Waals surface area (Å²) in [6.07, 6.45) is -0.898. The van der Waals surface area contributed by atoms with Crippen LogP contribution in [0.3, 0.4) is 0 Å². The molecule has 4 nitrogen and oxygen atoms in total. The Bertz CT molecular complexity index is 698. The van der Waals surface area contributed by atoms with Crippen molar-refractivity contribution < 1.29 is 14.6 Å². The third-order valence-electron chi connectivity index (χ3n) is 3.15. The summed E-state index contributed by atoms with van der Waals surface area (Å²) in [7, 11) is 0. The number of nitrogens with one attached hydrogen (secondary N) is 1. The van der Waals surface area contributed by atoms with Crippen LogP contribution in [0.15, 0.2) is 36.4 Å². The molecular formula is C15H11Cl2NO3. The number of ether oxygens (including phenoxy) is 1. The van der Waals surface area contributed by atoms with E-state index >= 15 is 0 Å². The molecule has 0 saturated heterocycles. The van der Waals surface area contributed by atoms with Crippen LogP contribution in [0.1, 0.15) is 17.2 Å². The van der Waals surface area contributed by atoms with Gasteiger partial charge >= 0.3 is 0 Å². The van der Waals surface area contributed by atoms with Gasteiger partial charge in [0.25, 0.3) is 5.91 Å². The number of fused-ring (bicyclic) bond motifs is 1. The van der Waals surface area contributed by atoms with Crippen molar-refractivity contribution in [1.82, 2.24) is 0 Å². The van der Waals surface area contributed by atoms with Gasteiger partial charge in [0, 0.05) is 10.0 Å². The lowest BCUT2D eigenvalue weighted by Crippen LogP contribution is -2.25. The number of aliphatic hydroxyl groups is 1. The lowest BCUT2D eigenvalue weighted by Gasteiger charge is -2.20. The summed E-state index contributed by atoms with van der Waals surface area (Å²) in [5.74, 6) is 0.356. The number of anilines is 1. The van der Waals surface area contributed by atoms with Gasteiger partial charge in [-0.2, -0.15) is 0 Å². The predicted octanol–water partition coefficient (Wildman–Crippen LogP) is 3.41. The average Bonchev–Trinajstić information content (AvgIpc) is 2.44. The number of carbonyl (C=O) groups excluding carboxylic acids is 1. The maximum atomic E-state index is 11.3. The number of benzene rings is 2. The summed E-state index contributed by atoms with van der Waals surface area (Å²) in [4.78, 5) is 11.3. The molecule has 2 aromatic rings. The zero-order chi connectivity index (χ0) is 15.0. The Morgan fingerprint density at radius 2 is 1.81 bits per heavy atom. The van der Waals surface area contributed by atoms with Crippen LogP contribution in [-0.4, -0.2) is 17.6 Å². The van der Waals surface area contributed by atoms with Gasteiger partial charge in [-0.1, -0.05) is 29.3 Å². The first kappa shape index (κ1) is 14.2. The molecule has 1 amide bonds. The van der Waals surface area contributed by atoms with E-state index in [9.17, 15) is 9.90 Å². The Hall–Kier alpha value is -1.75. The monoisotopic (exact) mass is 323 g/mol. The van der Waals surface area contributed by atoms with Crippen molar-refractivity contribution in [2.24, 2.45) is 0 Å². The van der Waals surface area contributed by atoms with Gasteiger partial charge in [-0.25, -0.2) is 0 Å². The maximum Gasteiger partial charge on any atom is 0.262 e. The molecule has 0 saturated carbocycles. The summed E-state index contributed by atoms with van der Waals surface area (Å²) in [5, 5.41) is 14.0. The molecule has 0 radical (unpaired) electrons. The standard InChI is InChI=1S/C15H11Cl2NO3/c16-10-3-9(4-11(17)6-10)15(20)8-1-2-13-12(5-8)18-14(19)7-21-13/h1-6,15,20H,7H2,(H,18,19). The second kappa shape index (κ2) is 5.56. The highest BCUT2D eigenvalue weighted by Gasteiger charge is 2.19. The van der Waals surface area contributed by atoms with Gasteiger partial charge in [-0.05, 0) is 41.5 Å². The lowest BCUT2D eigenvalue weighted by atomic mass is 10.0. The maximum absolute atomic E-state index is 11.3. The van der Waals surface area contributed by atoms with Gasteiger partial charge in [-0.15, -0.1) is 0 Å². The molecule has 0 bridgehead atoms. The second-order valence-corrected chi connectivity index (χ2v) is 5.57. The van der Waals surface area contributed by atoms with E-state index < -0.39 is 6.10 Å². The SMILES string of the molecule is O=C1COc2ccc(C(O)c3cc(Cl)cc(Cl)c3)cc2N1. The van der Waals surface area contributed by atoms with Crippen LogP contribution in [0.25, 0.3) is 0 Å². The number of aliphatic hydroxyl groups excluding tert-OH is 1. The number of rotatable bonds is 2. The molecule has 2 aromatic carbocycles. The van der Waals surface area contributed by atoms with Crippen LogP contribution in [-0.2, 0) is 4.79 Å². The quantitative estimate of drug-likeness (QED) is 0.890. The number of carbonyl (C=O) groups is 1. The normalized spacial score (nSPS) is 14.9. The largest absolute Gasteiger partial charge is 0.482 e. The Morgan fingerprint density at radius 3 is 2.52 bits per heavy atom. The highest BCUT2D eigenvalue weighted by atomic mass is 35.5. The molecular weight excluding hydrogens is 313 g/mol. The molecule has 1 aliphatic heterocycles. The first-order chi connectivity index (χ1) is 10.0. The van der Waals surface area contributed by atoms with Crippen molar-refractivity contribution in [3.05, 3.63) is 57.6 Å². The van der Waals surface area contributed by atoms with E-state index in [-0.39, 0.29) is 12.5 Å². The van der Waals surface area contributed by atoms with Gasteiger partial charge in [-0.3, -0.25) is 4.79 Å². The molecule has 6 heteroatoms. The van der Waals surface area contributed by atoms with Crippen molar-refractivity contribution in [3.63, 3.8) is 0 Å². The molecule has 1 unspecified atom stereocenters. The molecule has 108 valence electrons. The minimum atomic E-state index is -0.898. The Balaban J connectivity index is 1.96. The second-order valence-electron chi connectivity index (χ2n) is 4.70. The summed E-state index contributed by atoms with van der Waals surface area (Å²) < 4.78 is 5.28. The number of amides is 1. The number of halogens is 2. The molecule has 21 heavy (non-hydrogen) atoms. The van der Waals surface area contributed by atoms with Gasteiger partial charge < -0.3 is 15.2 Å². The van der Waals surface area contributed by atoms with Gasteiger partial charge in [0.05, 0.1) is 5.69 Å². The summed E-state index contributed by atoms with van der Waals surface area (Å²) in [6, 6.07) is 10.0. The summed E-state index contributed by atoms with van der Waals surface area (Å²) in [6.45, 7) is -0.00119. The summed E-state index contributed by atoms with van der Waals surface area (Å²) in [5.41, 5.74) is 1.73. The van der Waals surface area contributed by atoms with Gasteiger partial charge in [0.15, 0.2) is 6.61 Å². The number of hydrogen-bond acceptors (Lipinski definition) is 3. The Morgan fingerprint density at radius 1 is 1.10 bits per heavy atom. The van der Waals surface area contributed by atoms with Crippen LogP contribution in [0.5, 0.6) is 5.75 Å². The molecule has 0 aromatic heterocycles. The first-order valence-electron chi connectivity index (χ1n) is 6.23. The molecule has 0 aliphatic carbocycles. The third-order valence-corrected chi connectivity index (χ3v) is 3.59. The predicted molar refractivity (Wildman–Crippen MR) is 81.1 cm³/mol. The van der Waals surface area contributed by atoms with Crippen molar-refractivity contribution >= 4 is 34.8 Å². The van der Waals surface area contributed by atoms with Gasteiger partial charge in [0.1, 0.15) is 11.9 Å². The first-order valence-corrected chi connectivity index (χ1v) is 6.99. The fourth-order valence-corrected chi connectivity index (χ4v) is 2.74. The van der Waals surface area contributed by atoms with Crippen LogP contribution in [0.2, 0.25) is 10.0 Å². The molecule has 1 aliphatic rings. The minimum Gasteiger partial charge on any atom is -0.482 e. The topological polar surface area (TPSA) is 58.6 Å². The highest BCUT2D eigenvalue weighted by Crippen LogP contribution is 2.33. The van der Waals surface area contributed by atoms with E-state index in [4.69, 9.17) is 27.9 Å². The van der Waals surface area contributed by atoms with Crippen molar-refractivity contribution in [1.29, 1.82) is 0 Å². The van der Waals surface area contributed by atoms with E-state index in [2.05, 4.69) is 5.32 Å². The van der Waals surface area contributed by atoms with Crippen molar-refractivity contribution in [2.75, 3.05) is 11.9 Å². The number of hydrogen-bond donors (Lipinski definition) is 2. The van der Waals surface area contributed by atoms with E-state index in [0.29, 0.717) is 32.6 Å². The molecule has 0 fully saturated rings. The third kappa shape index (κ3) is 2.97. The molecule has 3 rings (SSSR count).